The molecule has 0 atom stereocenters. The molecular formula is CH5KN3. The second-order valence-electron chi connectivity index (χ2n) is 0.455. The van der Waals surface area contributed by atoms with Crippen LogP contribution in [-0.4, -0.2) is 57.3 Å². The molecule has 25 valence electrons. The molecule has 0 aliphatic carbocycles. The van der Waals surface area contributed by atoms with Crippen LogP contribution in [0.4, 0.5) is 0 Å². The molecule has 0 unspecified atom stereocenters. The van der Waals surface area contributed by atoms with Gasteiger partial charge in [-0.05, 0) is 0 Å². The fraction of sp³-hybridized carbons (Fsp3) is 0. The van der Waals surface area contributed by atoms with Crippen LogP contribution < -0.4 is 11.5 Å². The van der Waals surface area contributed by atoms with Crippen LogP contribution in [0.2, 0.25) is 0 Å². The third kappa shape index (κ3) is 50.4. The quantitative estimate of drug-likeness (QED) is 0.195. The van der Waals surface area contributed by atoms with Crippen LogP contribution in [-0.2, 0) is 0 Å². The Morgan fingerprint density at radius 1 is 1.40 bits per heavy atom. The van der Waals surface area contributed by atoms with Gasteiger partial charge in [0, 0.05) is 51.4 Å². The van der Waals surface area contributed by atoms with E-state index in [1.165, 1.54) is 0 Å². The van der Waals surface area contributed by atoms with Crippen LogP contribution in [0.1, 0.15) is 0 Å². The van der Waals surface area contributed by atoms with Crippen molar-refractivity contribution in [3.63, 3.8) is 0 Å². The summed E-state index contributed by atoms with van der Waals surface area (Å²) in [6.07, 6.45) is 0. The molecule has 0 aromatic rings. The van der Waals surface area contributed by atoms with Gasteiger partial charge < -0.3 is 11.5 Å². The number of rotatable bonds is 0. The molecule has 0 saturated carbocycles. The molecule has 0 aromatic carbocycles. The smallest absolute Gasteiger partial charge is 0.183 e. The van der Waals surface area contributed by atoms with E-state index in [0.717, 1.165) is 0 Å². The molecule has 5 heavy (non-hydrogen) atoms. The van der Waals surface area contributed by atoms with Gasteiger partial charge in [-0.15, -0.1) is 0 Å². The van der Waals surface area contributed by atoms with E-state index in [1.807, 2.05) is 0 Å². The third-order valence-corrected chi connectivity index (χ3v) is 0. The predicted molar refractivity (Wildman–Crippen MR) is 21.9 cm³/mol. The van der Waals surface area contributed by atoms with Gasteiger partial charge >= 0.3 is 0 Å². The first-order valence-electron chi connectivity index (χ1n) is 0.827. The molecule has 0 bridgehead atoms. The molecule has 0 amide bonds. The Kier molecular flexibility index (Phi) is 9.14. The monoisotopic (exact) mass is 98.0 g/mol. The molecule has 0 aliphatic heterocycles. The molecule has 3 nitrogen and oxygen atoms in total. The van der Waals surface area contributed by atoms with Crippen molar-refractivity contribution in [3.8, 4) is 0 Å². The Labute approximate surface area is 73.0 Å². The van der Waals surface area contributed by atoms with Gasteiger partial charge in [0.1, 0.15) is 0 Å². The minimum absolute atomic E-state index is 0. The molecule has 0 spiro atoms. The Hall–Kier alpha value is 0.906. The first kappa shape index (κ1) is 9.32. The Morgan fingerprint density at radius 2 is 1.40 bits per heavy atom. The van der Waals surface area contributed by atoms with Gasteiger partial charge in [0.25, 0.3) is 0 Å². The summed E-state index contributed by atoms with van der Waals surface area (Å²) in [4.78, 5) is 0. The van der Waals surface area contributed by atoms with E-state index in [2.05, 4.69) is 11.5 Å². The fourth-order valence-corrected chi connectivity index (χ4v) is 0. The zero-order valence-electron chi connectivity index (χ0n) is 3.15. The van der Waals surface area contributed by atoms with E-state index in [4.69, 9.17) is 5.41 Å². The van der Waals surface area contributed by atoms with Crippen molar-refractivity contribution >= 4 is 57.3 Å². The summed E-state index contributed by atoms with van der Waals surface area (Å²) in [5.74, 6) is -0.333. The standard InChI is InChI=1S/CH5N3.K/c2-1(3)4;/h(H5,2,3,4);. The summed E-state index contributed by atoms with van der Waals surface area (Å²) < 4.78 is 0. The maximum Gasteiger partial charge on any atom is 0.183 e. The van der Waals surface area contributed by atoms with Crippen molar-refractivity contribution in [2.24, 2.45) is 11.5 Å². The van der Waals surface area contributed by atoms with E-state index in [9.17, 15) is 0 Å². The summed E-state index contributed by atoms with van der Waals surface area (Å²) in [7, 11) is 0. The zero-order valence-corrected chi connectivity index (χ0v) is 6.28. The SMILES string of the molecule is N=C(N)N.[K]. The molecule has 0 rings (SSSR count). The van der Waals surface area contributed by atoms with E-state index in [-0.39, 0.29) is 57.3 Å². The summed E-state index contributed by atoms with van der Waals surface area (Å²) >= 11 is 0. The maximum absolute atomic E-state index is 6.06. The summed E-state index contributed by atoms with van der Waals surface area (Å²) in [6, 6.07) is 0. The molecule has 0 saturated heterocycles. The predicted octanol–water partition coefficient (Wildman–Crippen LogP) is -1.54. The number of guanidine groups is 1. The largest absolute Gasteiger partial charge is 0.370 e. The Balaban J connectivity index is 0. The van der Waals surface area contributed by atoms with Crippen molar-refractivity contribution in [1.82, 2.24) is 0 Å². The van der Waals surface area contributed by atoms with Crippen LogP contribution in [0.5, 0.6) is 0 Å². The molecule has 1 radical (unpaired) electrons. The molecule has 0 fully saturated rings. The average molecular weight is 98.2 g/mol. The summed E-state index contributed by atoms with van der Waals surface area (Å²) in [5, 5.41) is 6.06. The molecule has 0 aromatic heterocycles. The first-order chi connectivity index (χ1) is 1.73. The average Bonchev–Trinajstić information content (AvgIpc) is 0.811. The van der Waals surface area contributed by atoms with Crippen LogP contribution in [0.3, 0.4) is 0 Å². The maximum atomic E-state index is 6.06. The number of nitrogens with two attached hydrogens (primary N) is 2. The van der Waals surface area contributed by atoms with E-state index < -0.39 is 0 Å². The van der Waals surface area contributed by atoms with Gasteiger partial charge in [-0.2, -0.15) is 0 Å². The molecule has 0 aliphatic rings. The summed E-state index contributed by atoms with van der Waals surface area (Å²) in [5.41, 5.74) is 8.94. The number of hydrogen-bond acceptors (Lipinski definition) is 1. The second kappa shape index (κ2) is 4.91. The van der Waals surface area contributed by atoms with Crippen LogP contribution in [0, 0.1) is 5.41 Å². The minimum atomic E-state index is -0.333. The molecule has 0 heterocycles. The second-order valence-corrected chi connectivity index (χ2v) is 0.455. The van der Waals surface area contributed by atoms with Crippen LogP contribution in [0.25, 0.3) is 0 Å². The number of hydrogen-bond donors (Lipinski definition) is 3. The van der Waals surface area contributed by atoms with Gasteiger partial charge in [-0.25, -0.2) is 0 Å². The van der Waals surface area contributed by atoms with Gasteiger partial charge in [0.15, 0.2) is 5.96 Å². The third-order valence-electron chi connectivity index (χ3n) is 0. The van der Waals surface area contributed by atoms with Gasteiger partial charge in [-0.1, -0.05) is 0 Å². The van der Waals surface area contributed by atoms with Crippen molar-refractivity contribution in [2.45, 2.75) is 0 Å². The Bertz CT molecular complexity index is 29.9. The van der Waals surface area contributed by atoms with E-state index in [0.29, 0.717) is 0 Å². The van der Waals surface area contributed by atoms with Gasteiger partial charge in [0.2, 0.25) is 0 Å². The Morgan fingerprint density at radius 3 is 1.40 bits per heavy atom. The fourth-order valence-electron chi connectivity index (χ4n) is 0. The van der Waals surface area contributed by atoms with Crippen LogP contribution >= 0.6 is 0 Å². The summed E-state index contributed by atoms with van der Waals surface area (Å²) in [6.45, 7) is 0. The van der Waals surface area contributed by atoms with Crippen molar-refractivity contribution in [1.29, 1.82) is 5.41 Å². The van der Waals surface area contributed by atoms with Crippen molar-refractivity contribution in [3.05, 3.63) is 0 Å². The van der Waals surface area contributed by atoms with Crippen molar-refractivity contribution in [2.75, 3.05) is 0 Å². The van der Waals surface area contributed by atoms with Crippen molar-refractivity contribution < 1.29 is 0 Å². The molecule has 5 N–H and O–H groups in total. The van der Waals surface area contributed by atoms with E-state index in [1.54, 1.807) is 0 Å². The minimum Gasteiger partial charge on any atom is -0.370 e. The zero-order chi connectivity index (χ0) is 3.58. The number of nitrogens with one attached hydrogen (secondary N) is 1. The van der Waals surface area contributed by atoms with Gasteiger partial charge in [0.05, 0.1) is 0 Å². The van der Waals surface area contributed by atoms with Crippen LogP contribution in [0.15, 0.2) is 0 Å². The first-order valence-corrected chi connectivity index (χ1v) is 0.827. The molecular weight excluding hydrogens is 93.1 g/mol. The topological polar surface area (TPSA) is 75.9 Å². The normalized spacial score (nSPS) is 4.80. The molecule has 4 heteroatoms. The van der Waals surface area contributed by atoms with Gasteiger partial charge in [-0.3, -0.25) is 5.41 Å². The van der Waals surface area contributed by atoms with E-state index >= 15 is 0 Å².